The number of carbonyl (C=O) groups is 1. The Balaban J connectivity index is 2.33. The first-order valence-corrected chi connectivity index (χ1v) is 5.85. The highest BCUT2D eigenvalue weighted by atomic mass is 35.5. The molecule has 1 nitrogen and oxygen atoms in total. The molecule has 16 heavy (non-hydrogen) atoms. The van der Waals surface area contributed by atoms with Crippen molar-refractivity contribution in [1.82, 2.24) is 0 Å². The van der Waals surface area contributed by atoms with Crippen LogP contribution in [0.4, 0.5) is 4.39 Å². The van der Waals surface area contributed by atoms with Crippen LogP contribution >= 0.6 is 11.6 Å². The summed E-state index contributed by atoms with van der Waals surface area (Å²) in [4.78, 5) is 11.6. The average Bonchev–Trinajstić information content (AvgIpc) is 2.28. The normalized spacial score (nSPS) is 29.0. The number of ketones is 1. The van der Waals surface area contributed by atoms with Gasteiger partial charge in [-0.2, -0.15) is 0 Å². The molecule has 1 aliphatic rings. The van der Waals surface area contributed by atoms with Crippen LogP contribution in [0.1, 0.15) is 38.2 Å². The zero-order chi connectivity index (χ0) is 11.9. The zero-order valence-corrected chi connectivity index (χ0v) is 10.1. The molecular formula is C13H14ClFO. The topological polar surface area (TPSA) is 17.1 Å². The Morgan fingerprint density at radius 1 is 1.56 bits per heavy atom. The number of halogens is 2. The second-order valence-electron chi connectivity index (χ2n) is 4.62. The van der Waals surface area contributed by atoms with Crippen molar-refractivity contribution in [1.29, 1.82) is 0 Å². The molecular weight excluding hydrogens is 227 g/mol. The fraction of sp³-hybridized carbons (Fsp3) is 0.462. The smallest absolute Gasteiger partial charge is 0.141 e. The summed E-state index contributed by atoms with van der Waals surface area (Å²) in [6, 6.07) is 4.74. The van der Waals surface area contributed by atoms with Crippen LogP contribution in [0.25, 0.3) is 0 Å². The van der Waals surface area contributed by atoms with Gasteiger partial charge in [-0.25, -0.2) is 4.39 Å². The molecule has 0 N–H and O–H groups in total. The minimum absolute atomic E-state index is 0.135. The highest BCUT2D eigenvalue weighted by Crippen LogP contribution is 2.52. The number of hydrogen-bond acceptors (Lipinski definition) is 1. The Morgan fingerprint density at radius 3 is 2.75 bits per heavy atom. The summed E-state index contributed by atoms with van der Waals surface area (Å²) in [5.41, 5.74) is 0.677. The lowest BCUT2D eigenvalue weighted by Gasteiger charge is -2.45. The summed E-state index contributed by atoms with van der Waals surface area (Å²) in [5, 5.41) is 0.135. The molecule has 0 heterocycles. The van der Waals surface area contributed by atoms with Gasteiger partial charge in [0.15, 0.2) is 0 Å². The lowest BCUT2D eigenvalue weighted by atomic mass is 9.56. The third-order valence-electron chi connectivity index (χ3n) is 3.88. The van der Waals surface area contributed by atoms with Crippen LogP contribution < -0.4 is 0 Å². The van der Waals surface area contributed by atoms with E-state index in [-0.39, 0.29) is 16.4 Å². The summed E-state index contributed by atoms with van der Waals surface area (Å²) >= 11 is 5.75. The van der Waals surface area contributed by atoms with Crippen LogP contribution in [-0.2, 0) is 4.79 Å². The first-order valence-electron chi connectivity index (χ1n) is 5.47. The Hall–Kier alpha value is -0.890. The number of benzene rings is 1. The molecule has 0 aromatic heterocycles. The summed E-state index contributed by atoms with van der Waals surface area (Å²) in [7, 11) is 0. The van der Waals surface area contributed by atoms with E-state index >= 15 is 0 Å². The van der Waals surface area contributed by atoms with Gasteiger partial charge in [-0.05, 0) is 24.1 Å². The second kappa shape index (κ2) is 3.85. The predicted molar refractivity (Wildman–Crippen MR) is 62.2 cm³/mol. The zero-order valence-electron chi connectivity index (χ0n) is 9.39. The van der Waals surface area contributed by atoms with Crippen molar-refractivity contribution in [2.45, 2.75) is 32.6 Å². The van der Waals surface area contributed by atoms with E-state index in [4.69, 9.17) is 11.6 Å². The molecule has 0 bridgehead atoms. The van der Waals surface area contributed by atoms with Gasteiger partial charge in [0.2, 0.25) is 0 Å². The van der Waals surface area contributed by atoms with E-state index in [0.29, 0.717) is 12.2 Å². The lowest BCUT2D eigenvalue weighted by molar-refractivity contribution is -0.139. The van der Waals surface area contributed by atoms with Crippen LogP contribution in [-0.4, -0.2) is 5.78 Å². The minimum atomic E-state index is -0.408. The van der Waals surface area contributed by atoms with Gasteiger partial charge in [-0.3, -0.25) is 4.79 Å². The highest BCUT2D eigenvalue weighted by molar-refractivity contribution is 6.30. The molecule has 0 aliphatic heterocycles. The van der Waals surface area contributed by atoms with Gasteiger partial charge in [0.25, 0.3) is 0 Å². The largest absolute Gasteiger partial charge is 0.299 e. The van der Waals surface area contributed by atoms with E-state index in [0.717, 1.165) is 12.0 Å². The maximum Gasteiger partial charge on any atom is 0.141 e. The second-order valence-corrected chi connectivity index (χ2v) is 5.03. The molecule has 1 aliphatic carbocycles. The van der Waals surface area contributed by atoms with Crippen molar-refractivity contribution in [3.05, 3.63) is 34.6 Å². The maximum atomic E-state index is 13.0. The third kappa shape index (κ3) is 1.56. The van der Waals surface area contributed by atoms with Gasteiger partial charge in [0.05, 0.1) is 5.02 Å². The molecule has 2 unspecified atom stereocenters. The summed E-state index contributed by atoms with van der Waals surface area (Å²) in [6.07, 6.45) is 1.36. The van der Waals surface area contributed by atoms with Crippen LogP contribution in [0.5, 0.6) is 0 Å². The van der Waals surface area contributed by atoms with Crippen molar-refractivity contribution >= 4 is 17.4 Å². The maximum absolute atomic E-state index is 13.0. The highest BCUT2D eigenvalue weighted by Gasteiger charge is 2.50. The van der Waals surface area contributed by atoms with E-state index in [1.807, 2.05) is 13.8 Å². The molecule has 2 rings (SSSR count). The molecule has 3 heteroatoms. The average molecular weight is 241 g/mol. The SMILES string of the molecule is CCC1(C)C(=O)CC1c1ccc(F)c(Cl)c1. The van der Waals surface area contributed by atoms with Gasteiger partial charge in [-0.1, -0.05) is 31.5 Å². The monoisotopic (exact) mass is 240 g/mol. The van der Waals surface area contributed by atoms with Gasteiger partial charge in [-0.15, -0.1) is 0 Å². The Bertz CT molecular complexity index is 444. The number of Topliss-reactive ketones (excluding diaryl/α,β-unsaturated/α-hetero) is 1. The van der Waals surface area contributed by atoms with Crippen molar-refractivity contribution in [2.24, 2.45) is 5.41 Å². The Labute approximate surface area is 99.6 Å². The Morgan fingerprint density at radius 2 is 2.25 bits per heavy atom. The molecule has 2 atom stereocenters. The van der Waals surface area contributed by atoms with Crippen molar-refractivity contribution < 1.29 is 9.18 Å². The molecule has 0 saturated heterocycles. The first kappa shape index (κ1) is 11.6. The van der Waals surface area contributed by atoms with E-state index in [1.165, 1.54) is 6.07 Å². The third-order valence-corrected chi connectivity index (χ3v) is 4.17. The molecule has 0 radical (unpaired) electrons. The van der Waals surface area contributed by atoms with E-state index in [2.05, 4.69) is 0 Å². The van der Waals surface area contributed by atoms with Crippen molar-refractivity contribution in [3.8, 4) is 0 Å². The van der Waals surface area contributed by atoms with Crippen LogP contribution in [0, 0.1) is 11.2 Å². The quantitative estimate of drug-likeness (QED) is 0.765. The number of hydrogen-bond donors (Lipinski definition) is 0. The first-order chi connectivity index (χ1) is 7.49. The molecule has 1 aromatic rings. The standard InChI is InChI=1S/C13H14ClFO/c1-3-13(2)9(7-12(13)16)8-4-5-11(15)10(14)6-8/h4-6,9H,3,7H2,1-2H3. The molecule has 0 spiro atoms. The van der Waals surface area contributed by atoms with Gasteiger partial charge in [0, 0.05) is 17.8 Å². The fourth-order valence-electron chi connectivity index (χ4n) is 2.37. The van der Waals surface area contributed by atoms with Crippen molar-refractivity contribution in [3.63, 3.8) is 0 Å². The predicted octanol–water partition coefficient (Wildman–Crippen LogP) is 3.95. The number of carbonyl (C=O) groups excluding carboxylic acids is 1. The lowest BCUT2D eigenvalue weighted by Crippen LogP contribution is -2.45. The fourth-order valence-corrected chi connectivity index (χ4v) is 2.55. The minimum Gasteiger partial charge on any atom is -0.299 e. The van der Waals surface area contributed by atoms with E-state index in [9.17, 15) is 9.18 Å². The molecule has 1 saturated carbocycles. The van der Waals surface area contributed by atoms with Crippen LogP contribution in [0.3, 0.4) is 0 Å². The van der Waals surface area contributed by atoms with Crippen LogP contribution in [0.15, 0.2) is 18.2 Å². The number of rotatable bonds is 2. The summed E-state index contributed by atoms with van der Waals surface area (Å²) in [6.45, 7) is 3.98. The summed E-state index contributed by atoms with van der Waals surface area (Å²) < 4.78 is 13.0. The van der Waals surface area contributed by atoms with E-state index < -0.39 is 5.82 Å². The van der Waals surface area contributed by atoms with Gasteiger partial charge in [0.1, 0.15) is 11.6 Å². The van der Waals surface area contributed by atoms with Gasteiger partial charge < -0.3 is 0 Å². The summed E-state index contributed by atoms with van der Waals surface area (Å²) in [5.74, 6) is 0.0674. The van der Waals surface area contributed by atoms with Gasteiger partial charge >= 0.3 is 0 Å². The molecule has 1 fully saturated rings. The molecule has 1 aromatic carbocycles. The Kier molecular flexibility index (Phi) is 2.79. The van der Waals surface area contributed by atoms with E-state index in [1.54, 1.807) is 12.1 Å². The van der Waals surface area contributed by atoms with Crippen molar-refractivity contribution in [2.75, 3.05) is 0 Å². The van der Waals surface area contributed by atoms with Crippen LogP contribution in [0.2, 0.25) is 5.02 Å². The molecule has 0 amide bonds. The molecule has 86 valence electrons.